The third-order valence-electron chi connectivity index (χ3n) is 7.77. The van der Waals surface area contributed by atoms with Crippen LogP contribution in [0.5, 0.6) is 0 Å². The highest BCUT2D eigenvalue weighted by Gasteiger charge is 2.70. The van der Waals surface area contributed by atoms with Gasteiger partial charge in [0.15, 0.2) is 11.5 Å². The molecule has 2 fully saturated rings. The number of aliphatic hydroxyl groups excluding tert-OH is 1. The van der Waals surface area contributed by atoms with Gasteiger partial charge in [-0.05, 0) is 57.6 Å². The Balaban J connectivity index is 1.84. The molecule has 4 aliphatic carbocycles. The zero-order valence-electron chi connectivity index (χ0n) is 15.4. The molecule has 0 aromatic heterocycles. The lowest BCUT2D eigenvalue weighted by Gasteiger charge is -2.61. The highest BCUT2D eigenvalue weighted by Crippen LogP contribution is 2.68. The van der Waals surface area contributed by atoms with Gasteiger partial charge in [-0.1, -0.05) is 24.1 Å². The van der Waals surface area contributed by atoms with Crippen molar-refractivity contribution in [2.75, 3.05) is 0 Å². The number of aliphatic hydroxyl groups is 1. The molecule has 0 bridgehead atoms. The van der Waals surface area contributed by atoms with Crippen LogP contribution in [0, 0.1) is 22.7 Å². The maximum Gasteiger partial charge on any atom is 0.332 e. The number of allylic oxidation sites excluding steroid dienone is 5. The molecule has 5 heteroatoms. The van der Waals surface area contributed by atoms with E-state index < -0.39 is 34.5 Å². The van der Waals surface area contributed by atoms with Gasteiger partial charge in [0, 0.05) is 22.3 Å². The van der Waals surface area contributed by atoms with Crippen LogP contribution in [0.25, 0.3) is 0 Å². The predicted molar refractivity (Wildman–Crippen MR) is 94.1 cm³/mol. The van der Waals surface area contributed by atoms with Crippen LogP contribution in [0.2, 0.25) is 0 Å². The van der Waals surface area contributed by atoms with Crippen LogP contribution >= 0.6 is 0 Å². The van der Waals surface area contributed by atoms with Crippen molar-refractivity contribution >= 4 is 11.8 Å². The highest BCUT2D eigenvalue weighted by atomic mass is 19.1. The summed E-state index contributed by atoms with van der Waals surface area (Å²) in [4.78, 5) is 23.6. The number of hydrogen-bond donors (Lipinski definition) is 2. The molecule has 0 radical (unpaired) electrons. The molecule has 0 saturated heterocycles. The number of hydrogen-bond acceptors (Lipinski definition) is 3. The van der Waals surface area contributed by atoms with Crippen molar-refractivity contribution in [1.29, 1.82) is 0 Å². The average Bonchev–Trinajstić information content (AvgIpc) is 2.80. The van der Waals surface area contributed by atoms with Crippen LogP contribution in [0.3, 0.4) is 0 Å². The Kier molecular flexibility index (Phi) is 3.50. The van der Waals surface area contributed by atoms with Crippen LogP contribution in [0.1, 0.15) is 46.5 Å². The van der Waals surface area contributed by atoms with Crippen molar-refractivity contribution < 1.29 is 24.2 Å². The molecule has 6 atom stereocenters. The van der Waals surface area contributed by atoms with Gasteiger partial charge in [0.1, 0.15) is 0 Å². The Morgan fingerprint density at radius 3 is 2.65 bits per heavy atom. The summed E-state index contributed by atoms with van der Waals surface area (Å²) >= 11 is 0. The minimum atomic E-state index is -1.90. The first-order chi connectivity index (χ1) is 12.1. The molecule has 140 valence electrons. The van der Waals surface area contributed by atoms with E-state index in [2.05, 4.69) is 0 Å². The Morgan fingerprint density at radius 2 is 2.00 bits per heavy atom. The normalized spacial score (nSPS) is 47.2. The monoisotopic (exact) mass is 360 g/mol. The number of aliphatic carboxylic acids is 1. The molecule has 0 aromatic carbocycles. The molecule has 4 aliphatic rings. The van der Waals surface area contributed by atoms with Gasteiger partial charge in [-0.15, -0.1) is 0 Å². The van der Waals surface area contributed by atoms with Crippen LogP contribution in [0.15, 0.2) is 34.9 Å². The molecule has 4 rings (SSSR count). The van der Waals surface area contributed by atoms with E-state index in [1.807, 2.05) is 13.8 Å². The molecule has 0 unspecified atom stereocenters. The maximum absolute atomic E-state index is 16.7. The molecular weight excluding hydrogens is 335 g/mol. The number of alkyl halides is 1. The Morgan fingerprint density at radius 1 is 1.31 bits per heavy atom. The molecule has 0 heterocycles. The van der Waals surface area contributed by atoms with Crippen LogP contribution in [-0.2, 0) is 9.59 Å². The van der Waals surface area contributed by atoms with E-state index in [-0.39, 0.29) is 18.1 Å². The fourth-order valence-electron chi connectivity index (χ4n) is 6.57. The lowest BCUT2D eigenvalue weighted by molar-refractivity contribution is -0.186. The summed E-state index contributed by atoms with van der Waals surface area (Å²) in [6.07, 6.45) is 5.03. The van der Waals surface area contributed by atoms with Crippen molar-refractivity contribution in [3.8, 4) is 0 Å². The first-order valence-corrected chi connectivity index (χ1v) is 9.30. The van der Waals surface area contributed by atoms with Crippen molar-refractivity contribution in [3.05, 3.63) is 34.9 Å². The number of carbonyl (C=O) groups excluding carboxylic acids is 1. The van der Waals surface area contributed by atoms with E-state index in [0.717, 1.165) is 11.1 Å². The zero-order chi connectivity index (χ0) is 19.1. The van der Waals surface area contributed by atoms with Crippen molar-refractivity contribution in [2.45, 2.75) is 58.2 Å². The van der Waals surface area contributed by atoms with Gasteiger partial charge in [-0.25, -0.2) is 9.18 Å². The number of fused-ring (bicyclic) bond motifs is 5. The second-order valence-corrected chi connectivity index (χ2v) is 8.93. The number of rotatable bonds is 1. The molecule has 0 aliphatic heterocycles. The molecule has 2 N–H and O–H groups in total. The maximum atomic E-state index is 16.7. The standard InChI is InChI=1S/C21H25FO4/c1-11-8-15-14-5-4-12-9-13(23)6-7-20(12,3)21(14,22)16(24)10-19(15,2)17(11)18(25)26/h6-7,9,14-16,24H,4-5,8,10H2,1-3H3,(H,25,26)/t14-,15-,16-,19-,20-,21-/m0/s1. The van der Waals surface area contributed by atoms with E-state index in [4.69, 9.17) is 0 Å². The molecule has 0 aromatic rings. The van der Waals surface area contributed by atoms with E-state index in [1.54, 1.807) is 13.0 Å². The summed E-state index contributed by atoms with van der Waals surface area (Å²) in [6.45, 7) is 5.45. The molecule has 0 amide bonds. The average molecular weight is 360 g/mol. The van der Waals surface area contributed by atoms with Crippen LogP contribution < -0.4 is 0 Å². The fourth-order valence-corrected chi connectivity index (χ4v) is 6.57. The first-order valence-electron chi connectivity index (χ1n) is 9.30. The third-order valence-corrected chi connectivity index (χ3v) is 7.77. The summed E-state index contributed by atoms with van der Waals surface area (Å²) in [6, 6.07) is 0. The summed E-state index contributed by atoms with van der Waals surface area (Å²) < 4.78 is 16.7. The predicted octanol–water partition coefficient (Wildman–Crippen LogP) is 3.37. The van der Waals surface area contributed by atoms with Crippen molar-refractivity contribution in [2.24, 2.45) is 22.7 Å². The number of ketones is 1. The molecule has 4 nitrogen and oxygen atoms in total. The Hall–Kier alpha value is -1.75. The minimum Gasteiger partial charge on any atom is -0.478 e. The number of halogens is 1. The van der Waals surface area contributed by atoms with Gasteiger partial charge in [0.2, 0.25) is 0 Å². The van der Waals surface area contributed by atoms with Gasteiger partial charge in [-0.2, -0.15) is 0 Å². The van der Waals surface area contributed by atoms with Crippen molar-refractivity contribution in [1.82, 2.24) is 0 Å². The lowest BCUT2D eigenvalue weighted by Crippen LogP contribution is -2.66. The minimum absolute atomic E-state index is 0.0916. The van der Waals surface area contributed by atoms with Crippen molar-refractivity contribution in [3.63, 3.8) is 0 Å². The molecule has 26 heavy (non-hydrogen) atoms. The third kappa shape index (κ3) is 1.87. The molecule has 2 saturated carbocycles. The SMILES string of the molecule is CC1=C(C(=O)O)[C@@]2(C)C[C@H](O)[C@@]3(F)[C@@H](CCC4=CC(=O)C=C[C@@]43C)[C@@H]2C1. The number of carboxylic acids is 1. The van der Waals surface area contributed by atoms with Crippen LogP contribution in [-0.4, -0.2) is 33.7 Å². The van der Waals surface area contributed by atoms with E-state index in [9.17, 15) is 19.8 Å². The van der Waals surface area contributed by atoms with Gasteiger partial charge in [0.25, 0.3) is 0 Å². The smallest absolute Gasteiger partial charge is 0.332 e. The van der Waals surface area contributed by atoms with E-state index >= 15 is 4.39 Å². The zero-order valence-corrected chi connectivity index (χ0v) is 15.4. The topological polar surface area (TPSA) is 74.6 Å². The second-order valence-electron chi connectivity index (χ2n) is 8.93. The molecule has 0 spiro atoms. The van der Waals surface area contributed by atoms with Gasteiger partial charge >= 0.3 is 5.97 Å². The number of carbonyl (C=O) groups is 2. The van der Waals surface area contributed by atoms with Gasteiger partial charge in [-0.3, -0.25) is 4.79 Å². The highest BCUT2D eigenvalue weighted by molar-refractivity contribution is 6.01. The quantitative estimate of drug-likeness (QED) is 0.752. The van der Waals surface area contributed by atoms with Gasteiger partial charge in [0.05, 0.1) is 6.10 Å². The lowest BCUT2D eigenvalue weighted by atomic mass is 9.45. The first kappa shape index (κ1) is 17.7. The second kappa shape index (κ2) is 5.16. The summed E-state index contributed by atoms with van der Waals surface area (Å²) in [5.41, 5.74) is -1.75. The number of carboxylic acid groups (broad SMARTS) is 1. The van der Waals surface area contributed by atoms with Gasteiger partial charge < -0.3 is 10.2 Å². The fraction of sp³-hybridized carbons (Fsp3) is 0.619. The van der Waals surface area contributed by atoms with E-state index in [1.165, 1.54) is 12.2 Å². The Bertz CT molecular complexity index is 809. The summed E-state index contributed by atoms with van der Waals surface area (Å²) in [5, 5.41) is 20.7. The van der Waals surface area contributed by atoms with Crippen LogP contribution in [0.4, 0.5) is 4.39 Å². The summed E-state index contributed by atoms with van der Waals surface area (Å²) in [5.74, 6) is -1.69. The van der Waals surface area contributed by atoms with E-state index in [0.29, 0.717) is 24.8 Å². The summed E-state index contributed by atoms with van der Waals surface area (Å²) in [7, 11) is 0. The Labute approximate surface area is 152 Å². The largest absolute Gasteiger partial charge is 0.478 e. The molecular formula is C21H25FO4.